The molecule has 0 unspecified atom stereocenters. The van der Waals surface area contributed by atoms with Crippen LogP contribution in [0.1, 0.15) is 47.5 Å². The highest BCUT2D eigenvalue weighted by atomic mass is 16.6. The molecule has 1 N–H and O–H groups in total. The predicted molar refractivity (Wildman–Crippen MR) is 66.8 cm³/mol. The first-order valence-electron chi connectivity index (χ1n) is 6.27. The van der Waals surface area contributed by atoms with Crippen molar-refractivity contribution in [3.63, 3.8) is 0 Å². The van der Waals surface area contributed by atoms with Crippen LogP contribution < -0.4 is 0 Å². The standard InChI is InChI=1S/C13H25NO3/c1-12(2,3)17-11(16)14-9-10(6-7-15)8-13(14,4)5/h10,15H,6-9H2,1-5H3/t10-/m0/s1. The van der Waals surface area contributed by atoms with E-state index in [0.29, 0.717) is 12.5 Å². The average Bonchev–Trinajstić information content (AvgIpc) is 2.38. The summed E-state index contributed by atoms with van der Waals surface area (Å²) in [5, 5.41) is 8.97. The first-order chi connectivity index (χ1) is 7.65. The number of hydrogen-bond acceptors (Lipinski definition) is 3. The van der Waals surface area contributed by atoms with Gasteiger partial charge in [-0.2, -0.15) is 0 Å². The maximum absolute atomic E-state index is 12.1. The highest BCUT2D eigenvalue weighted by Gasteiger charge is 2.42. The fraction of sp³-hybridized carbons (Fsp3) is 0.923. The van der Waals surface area contributed by atoms with E-state index in [2.05, 4.69) is 0 Å². The Labute approximate surface area is 104 Å². The van der Waals surface area contributed by atoms with Crippen molar-refractivity contribution >= 4 is 6.09 Å². The smallest absolute Gasteiger partial charge is 0.410 e. The van der Waals surface area contributed by atoms with Gasteiger partial charge in [0, 0.05) is 18.7 Å². The maximum atomic E-state index is 12.1. The molecule has 17 heavy (non-hydrogen) atoms. The zero-order chi connectivity index (χ0) is 13.3. The van der Waals surface area contributed by atoms with Crippen LogP contribution in [0.5, 0.6) is 0 Å². The molecule has 1 heterocycles. The highest BCUT2D eigenvalue weighted by Crippen LogP contribution is 2.35. The summed E-state index contributed by atoms with van der Waals surface area (Å²) in [5.74, 6) is 0.377. The van der Waals surface area contributed by atoms with E-state index < -0.39 is 5.60 Å². The van der Waals surface area contributed by atoms with Gasteiger partial charge in [0.05, 0.1) is 0 Å². The van der Waals surface area contributed by atoms with Gasteiger partial charge < -0.3 is 14.7 Å². The van der Waals surface area contributed by atoms with Crippen LogP contribution in [0.15, 0.2) is 0 Å². The van der Waals surface area contributed by atoms with Crippen LogP contribution in [0.2, 0.25) is 0 Å². The third kappa shape index (κ3) is 3.87. The molecular formula is C13H25NO3. The topological polar surface area (TPSA) is 49.8 Å². The molecule has 0 aromatic carbocycles. The number of ether oxygens (including phenoxy) is 1. The summed E-state index contributed by atoms with van der Waals surface area (Å²) in [7, 11) is 0. The van der Waals surface area contributed by atoms with Gasteiger partial charge in [-0.1, -0.05) is 0 Å². The number of aliphatic hydroxyl groups is 1. The number of likely N-dealkylation sites (tertiary alicyclic amines) is 1. The molecule has 0 aromatic heterocycles. The van der Waals surface area contributed by atoms with Crippen molar-refractivity contribution in [3.05, 3.63) is 0 Å². The molecule has 4 nitrogen and oxygen atoms in total. The number of amides is 1. The lowest BCUT2D eigenvalue weighted by Crippen LogP contribution is -2.45. The fourth-order valence-electron chi connectivity index (χ4n) is 2.40. The lowest BCUT2D eigenvalue weighted by Gasteiger charge is -2.33. The van der Waals surface area contributed by atoms with Crippen LogP contribution in [0.4, 0.5) is 4.79 Å². The maximum Gasteiger partial charge on any atom is 0.410 e. The van der Waals surface area contributed by atoms with Gasteiger partial charge in [-0.15, -0.1) is 0 Å². The summed E-state index contributed by atoms with van der Waals surface area (Å²) in [6, 6.07) is 0. The Hall–Kier alpha value is -0.770. The van der Waals surface area contributed by atoms with E-state index in [0.717, 1.165) is 12.8 Å². The van der Waals surface area contributed by atoms with E-state index in [1.807, 2.05) is 34.6 Å². The number of nitrogens with zero attached hydrogens (tertiary/aromatic N) is 1. The summed E-state index contributed by atoms with van der Waals surface area (Å²) in [5.41, 5.74) is -0.635. The second-order valence-electron chi connectivity index (χ2n) is 6.49. The molecule has 1 rings (SSSR count). The Morgan fingerprint density at radius 3 is 2.53 bits per heavy atom. The lowest BCUT2D eigenvalue weighted by atomic mass is 9.95. The zero-order valence-electron chi connectivity index (χ0n) is 11.6. The molecule has 1 atom stereocenters. The van der Waals surface area contributed by atoms with Crippen molar-refractivity contribution in [3.8, 4) is 0 Å². The van der Waals surface area contributed by atoms with Crippen molar-refractivity contribution in [2.45, 2.75) is 58.6 Å². The summed E-state index contributed by atoms with van der Waals surface area (Å²) in [4.78, 5) is 13.9. The summed E-state index contributed by atoms with van der Waals surface area (Å²) >= 11 is 0. The Balaban J connectivity index is 2.67. The van der Waals surface area contributed by atoms with Gasteiger partial charge in [-0.3, -0.25) is 0 Å². The first-order valence-corrected chi connectivity index (χ1v) is 6.27. The minimum Gasteiger partial charge on any atom is -0.444 e. The normalized spacial score (nSPS) is 23.9. The van der Waals surface area contributed by atoms with Crippen LogP contribution in [-0.2, 0) is 4.74 Å². The number of aliphatic hydroxyl groups excluding tert-OH is 1. The third-order valence-corrected chi connectivity index (χ3v) is 3.11. The van der Waals surface area contributed by atoms with E-state index in [9.17, 15) is 4.79 Å². The largest absolute Gasteiger partial charge is 0.444 e. The van der Waals surface area contributed by atoms with Crippen LogP contribution in [0.25, 0.3) is 0 Å². The molecule has 4 heteroatoms. The summed E-state index contributed by atoms with van der Waals surface area (Å²) in [6.45, 7) is 10.6. The van der Waals surface area contributed by atoms with E-state index >= 15 is 0 Å². The molecule has 1 aliphatic rings. The molecule has 1 aliphatic heterocycles. The second-order valence-corrected chi connectivity index (χ2v) is 6.49. The molecule has 1 amide bonds. The van der Waals surface area contributed by atoms with Crippen molar-refractivity contribution in [1.29, 1.82) is 0 Å². The number of carbonyl (C=O) groups excluding carboxylic acids is 1. The monoisotopic (exact) mass is 243 g/mol. The quantitative estimate of drug-likeness (QED) is 0.810. The lowest BCUT2D eigenvalue weighted by molar-refractivity contribution is 0.0130. The Bertz CT molecular complexity index is 281. The second kappa shape index (κ2) is 4.84. The number of carbonyl (C=O) groups is 1. The van der Waals surface area contributed by atoms with Crippen LogP contribution in [0.3, 0.4) is 0 Å². The Morgan fingerprint density at radius 2 is 2.06 bits per heavy atom. The molecule has 0 aliphatic carbocycles. The van der Waals surface area contributed by atoms with Gasteiger partial charge in [-0.25, -0.2) is 4.79 Å². The van der Waals surface area contributed by atoms with Crippen molar-refractivity contribution in [1.82, 2.24) is 4.90 Å². The van der Waals surface area contributed by atoms with Crippen LogP contribution in [-0.4, -0.2) is 40.4 Å². The van der Waals surface area contributed by atoms with E-state index in [1.165, 1.54) is 0 Å². The minimum atomic E-state index is -0.456. The van der Waals surface area contributed by atoms with Crippen LogP contribution in [0, 0.1) is 5.92 Å². The van der Waals surface area contributed by atoms with Gasteiger partial charge in [0.2, 0.25) is 0 Å². The van der Waals surface area contributed by atoms with E-state index in [4.69, 9.17) is 9.84 Å². The van der Waals surface area contributed by atoms with Gasteiger partial charge >= 0.3 is 6.09 Å². The number of rotatable bonds is 2. The van der Waals surface area contributed by atoms with Gasteiger partial charge in [0.1, 0.15) is 5.60 Å². The molecule has 0 saturated carbocycles. The molecular weight excluding hydrogens is 218 g/mol. The van der Waals surface area contributed by atoms with E-state index in [-0.39, 0.29) is 18.2 Å². The van der Waals surface area contributed by atoms with Crippen molar-refractivity contribution in [2.75, 3.05) is 13.2 Å². The SMILES string of the molecule is CC(C)(C)OC(=O)N1C[C@@H](CCO)CC1(C)C. The molecule has 0 spiro atoms. The van der Waals surface area contributed by atoms with Crippen molar-refractivity contribution in [2.24, 2.45) is 5.92 Å². The molecule has 0 bridgehead atoms. The molecule has 0 aromatic rings. The van der Waals surface area contributed by atoms with Crippen molar-refractivity contribution < 1.29 is 14.6 Å². The molecule has 1 fully saturated rings. The molecule has 0 radical (unpaired) electrons. The Kier molecular flexibility index (Phi) is 4.07. The summed E-state index contributed by atoms with van der Waals surface area (Å²) in [6.07, 6.45) is 1.43. The first kappa shape index (κ1) is 14.3. The molecule has 100 valence electrons. The highest BCUT2D eigenvalue weighted by molar-refractivity contribution is 5.69. The van der Waals surface area contributed by atoms with Crippen LogP contribution >= 0.6 is 0 Å². The minimum absolute atomic E-state index is 0.178. The third-order valence-electron chi connectivity index (χ3n) is 3.11. The van der Waals surface area contributed by atoms with Gasteiger partial charge in [0.15, 0.2) is 0 Å². The van der Waals surface area contributed by atoms with Gasteiger partial charge in [0.25, 0.3) is 0 Å². The average molecular weight is 243 g/mol. The molecule has 1 saturated heterocycles. The van der Waals surface area contributed by atoms with Gasteiger partial charge in [-0.05, 0) is 53.4 Å². The zero-order valence-corrected chi connectivity index (χ0v) is 11.6. The van der Waals surface area contributed by atoms with E-state index in [1.54, 1.807) is 4.90 Å². The fourth-order valence-corrected chi connectivity index (χ4v) is 2.40. The Morgan fingerprint density at radius 1 is 1.47 bits per heavy atom. The number of hydrogen-bond donors (Lipinski definition) is 1. The summed E-state index contributed by atoms with van der Waals surface area (Å²) < 4.78 is 5.41. The predicted octanol–water partition coefficient (Wildman–Crippen LogP) is 2.40.